The number of fused-ring (bicyclic) bond motifs is 1. The van der Waals surface area contributed by atoms with Gasteiger partial charge >= 0.3 is 0 Å². The second-order valence-corrected chi connectivity index (χ2v) is 9.20. The number of hydrogen-bond acceptors (Lipinski definition) is 6. The van der Waals surface area contributed by atoms with Crippen molar-refractivity contribution in [3.63, 3.8) is 0 Å². The van der Waals surface area contributed by atoms with Gasteiger partial charge in [-0.25, -0.2) is 4.98 Å². The van der Waals surface area contributed by atoms with Crippen LogP contribution in [0.25, 0.3) is 17.0 Å². The summed E-state index contributed by atoms with van der Waals surface area (Å²) in [5, 5.41) is 10.4. The van der Waals surface area contributed by atoms with E-state index in [4.69, 9.17) is 21.3 Å². The molecule has 4 heterocycles. The maximum absolute atomic E-state index is 12.5. The van der Waals surface area contributed by atoms with Gasteiger partial charge in [-0.2, -0.15) is 0 Å². The Hall–Kier alpha value is -2.68. The van der Waals surface area contributed by atoms with Gasteiger partial charge in [0.2, 0.25) is 0 Å². The Morgan fingerprint density at radius 1 is 1.22 bits per heavy atom. The molecule has 9 heteroatoms. The van der Waals surface area contributed by atoms with E-state index in [1.165, 1.54) is 11.8 Å². The lowest BCUT2D eigenvalue weighted by atomic mass is 10.2. The molecule has 32 heavy (non-hydrogen) atoms. The predicted molar refractivity (Wildman–Crippen MR) is 125 cm³/mol. The summed E-state index contributed by atoms with van der Waals surface area (Å²) in [6.45, 7) is 3.42. The van der Waals surface area contributed by atoms with Gasteiger partial charge in [0.05, 0.1) is 18.3 Å². The summed E-state index contributed by atoms with van der Waals surface area (Å²) in [6.07, 6.45) is 3.97. The first kappa shape index (κ1) is 21.2. The largest absolute Gasteiger partial charge is 0.376 e. The molecule has 0 aliphatic carbocycles. The maximum Gasteiger partial charge on any atom is 0.258 e. The van der Waals surface area contributed by atoms with Gasteiger partial charge in [0.1, 0.15) is 5.65 Å². The average Bonchev–Trinajstić information content (AvgIpc) is 3.44. The van der Waals surface area contributed by atoms with Crippen molar-refractivity contribution in [2.24, 2.45) is 0 Å². The summed E-state index contributed by atoms with van der Waals surface area (Å²) < 4.78 is 9.54. The summed E-state index contributed by atoms with van der Waals surface area (Å²) in [4.78, 5) is 17.2. The molecule has 0 spiro atoms. The quantitative estimate of drug-likeness (QED) is 0.391. The third-order valence-electron chi connectivity index (χ3n) is 5.52. The zero-order valence-corrected chi connectivity index (χ0v) is 19.1. The van der Waals surface area contributed by atoms with Crippen molar-refractivity contribution in [3.05, 3.63) is 75.3 Å². The Bertz CT molecular complexity index is 1310. The van der Waals surface area contributed by atoms with Gasteiger partial charge in [-0.15, -0.1) is 10.2 Å². The number of ether oxygens (including phenoxy) is 1. The van der Waals surface area contributed by atoms with E-state index < -0.39 is 0 Å². The molecule has 3 aromatic heterocycles. The van der Waals surface area contributed by atoms with Gasteiger partial charge in [-0.1, -0.05) is 29.4 Å². The van der Waals surface area contributed by atoms with Gasteiger partial charge < -0.3 is 4.74 Å². The van der Waals surface area contributed by atoms with Gasteiger partial charge in [0.25, 0.3) is 5.56 Å². The van der Waals surface area contributed by atoms with Gasteiger partial charge in [0.15, 0.2) is 11.0 Å². The van der Waals surface area contributed by atoms with E-state index in [-0.39, 0.29) is 11.7 Å². The van der Waals surface area contributed by atoms with E-state index in [1.54, 1.807) is 16.7 Å². The molecule has 0 saturated carbocycles. The monoisotopic (exact) mass is 467 g/mol. The van der Waals surface area contributed by atoms with Crippen molar-refractivity contribution in [1.82, 2.24) is 24.1 Å². The Morgan fingerprint density at radius 2 is 2.06 bits per heavy atom. The molecule has 0 radical (unpaired) electrons. The molecule has 4 aromatic rings. The molecule has 0 unspecified atom stereocenters. The number of rotatable bonds is 6. The topological polar surface area (TPSA) is 74.3 Å². The lowest BCUT2D eigenvalue weighted by Crippen LogP contribution is -2.17. The zero-order chi connectivity index (χ0) is 22.1. The summed E-state index contributed by atoms with van der Waals surface area (Å²) >= 11 is 7.59. The molecule has 1 aliphatic heterocycles. The summed E-state index contributed by atoms with van der Waals surface area (Å²) in [5.41, 5.74) is 3.22. The number of aromatic nitrogens is 5. The predicted octanol–water partition coefficient (Wildman–Crippen LogP) is 4.39. The third-order valence-corrected chi connectivity index (χ3v) is 6.77. The molecule has 7 nitrogen and oxygen atoms in total. The molecule has 0 bridgehead atoms. The zero-order valence-electron chi connectivity index (χ0n) is 17.6. The molecular formula is C23H22ClN5O2S. The SMILES string of the molecule is Cc1cccn2c(=O)cc(CSc3nnc(-c4ccc(Cl)cc4)n3C[C@H]3CCCO3)nc12. The van der Waals surface area contributed by atoms with E-state index in [9.17, 15) is 4.79 Å². The number of hydrogen-bond donors (Lipinski definition) is 0. The van der Waals surface area contributed by atoms with Crippen LogP contribution in [0.15, 0.2) is 58.6 Å². The van der Waals surface area contributed by atoms with Crippen molar-refractivity contribution in [1.29, 1.82) is 0 Å². The van der Waals surface area contributed by atoms with Crippen molar-refractivity contribution in [2.75, 3.05) is 6.61 Å². The number of benzene rings is 1. The molecule has 164 valence electrons. The Kier molecular flexibility index (Phi) is 5.99. The van der Waals surface area contributed by atoms with Crippen LogP contribution in [0.3, 0.4) is 0 Å². The number of thioether (sulfide) groups is 1. The lowest BCUT2D eigenvalue weighted by molar-refractivity contribution is 0.0953. The van der Waals surface area contributed by atoms with Crippen molar-refractivity contribution >= 4 is 29.0 Å². The van der Waals surface area contributed by atoms with Crippen LogP contribution in [0.2, 0.25) is 5.02 Å². The van der Waals surface area contributed by atoms with Crippen LogP contribution in [-0.2, 0) is 17.0 Å². The van der Waals surface area contributed by atoms with Gasteiger partial charge in [-0.3, -0.25) is 13.8 Å². The Morgan fingerprint density at radius 3 is 2.84 bits per heavy atom. The van der Waals surface area contributed by atoms with E-state index >= 15 is 0 Å². The van der Waals surface area contributed by atoms with Crippen LogP contribution < -0.4 is 5.56 Å². The molecule has 1 aliphatic rings. The summed E-state index contributed by atoms with van der Waals surface area (Å²) in [7, 11) is 0. The third kappa shape index (κ3) is 4.30. The number of aryl methyl sites for hydroxylation is 1. The average molecular weight is 468 g/mol. The highest BCUT2D eigenvalue weighted by Crippen LogP contribution is 2.28. The first-order valence-electron chi connectivity index (χ1n) is 10.5. The van der Waals surface area contributed by atoms with Crippen molar-refractivity contribution < 1.29 is 4.74 Å². The molecule has 1 aromatic carbocycles. The van der Waals surface area contributed by atoms with Gasteiger partial charge in [0, 0.05) is 35.2 Å². The van der Waals surface area contributed by atoms with Crippen molar-refractivity contribution in [3.8, 4) is 11.4 Å². The minimum Gasteiger partial charge on any atom is -0.376 e. The first-order valence-corrected chi connectivity index (χ1v) is 11.9. The highest BCUT2D eigenvalue weighted by molar-refractivity contribution is 7.98. The smallest absolute Gasteiger partial charge is 0.258 e. The number of nitrogens with zero attached hydrogens (tertiary/aromatic N) is 5. The molecule has 1 fully saturated rings. The number of pyridine rings is 1. The Balaban J connectivity index is 1.45. The minimum atomic E-state index is -0.0861. The van der Waals surface area contributed by atoms with Crippen LogP contribution in [-0.4, -0.2) is 36.9 Å². The van der Waals surface area contributed by atoms with Crippen LogP contribution >= 0.6 is 23.4 Å². The fourth-order valence-corrected chi connectivity index (χ4v) is 4.85. The maximum atomic E-state index is 12.5. The lowest BCUT2D eigenvalue weighted by Gasteiger charge is -2.15. The second kappa shape index (κ2) is 9.05. The Labute approximate surface area is 194 Å². The van der Waals surface area contributed by atoms with E-state index in [1.807, 2.05) is 43.3 Å². The molecule has 0 amide bonds. The van der Waals surface area contributed by atoms with Crippen LogP contribution in [0.5, 0.6) is 0 Å². The summed E-state index contributed by atoms with van der Waals surface area (Å²) in [6, 6.07) is 13.0. The van der Waals surface area contributed by atoms with Crippen LogP contribution in [0.4, 0.5) is 0 Å². The van der Waals surface area contributed by atoms with Crippen molar-refractivity contribution in [2.45, 2.75) is 43.3 Å². The fourth-order valence-electron chi connectivity index (χ4n) is 3.89. The van der Waals surface area contributed by atoms with E-state index in [0.717, 1.165) is 41.6 Å². The summed E-state index contributed by atoms with van der Waals surface area (Å²) in [5.74, 6) is 1.30. The highest BCUT2D eigenvalue weighted by atomic mass is 35.5. The van der Waals surface area contributed by atoms with Crippen LogP contribution in [0.1, 0.15) is 24.1 Å². The van der Waals surface area contributed by atoms with E-state index in [2.05, 4.69) is 14.8 Å². The fraction of sp³-hybridized carbons (Fsp3) is 0.304. The molecule has 1 saturated heterocycles. The second-order valence-electron chi connectivity index (χ2n) is 7.82. The molecule has 0 N–H and O–H groups in total. The van der Waals surface area contributed by atoms with Gasteiger partial charge in [-0.05, 0) is 55.7 Å². The minimum absolute atomic E-state index is 0.0861. The normalized spacial score (nSPS) is 16.1. The standard InChI is InChI=1S/C23H22ClN5O2S/c1-15-4-2-10-28-20(30)12-18(25-21(15)28)14-32-23-27-26-22(16-6-8-17(24)9-7-16)29(23)13-19-5-3-11-31-19/h2,4,6-10,12,19H,3,5,11,13-14H2,1H3/t19-/m1/s1. The van der Waals surface area contributed by atoms with Crippen LogP contribution in [0, 0.1) is 6.92 Å². The molecular weight excluding hydrogens is 446 g/mol. The number of halogens is 1. The first-order chi connectivity index (χ1) is 15.6. The molecule has 1 atom stereocenters. The van der Waals surface area contributed by atoms with E-state index in [0.29, 0.717) is 28.7 Å². The molecule has 5 rings (SSSR count). The highest BCUT2D eigenvalue weighted by Gasteiger charge is 2.22.